The number of rotatable bonds is 6. The Morgan fingerprint density at radius 2 is 1.90 bits per heavy atom. The van der Waals surface area contributed by atoms with Crippen molar-refractivity contribution in [2.75, 3.05) is 11.2 Å². The van der Waals surface area contributed by atoms with Gasteiger partial charge in [0.05, 0.1) is 4.92 Å². The summed E-state index contributed by atoms with van der Waals surface area (Å²) >= 11 is 0.633. The normalized spacial score (nSPS) is 12.4. The number of aryl methyl sites for hydroxylation is 1. The van der Waals surface area contributed by atoms with Gasteiger partial charge in [-0.15, -0.1) is 10.2 Å². The van der Waals surface area contributed by atoms with Crippen LogP contribution in [-0.4, -0.2) is 25.7 Å². The molecule has 9 nitrogen and oxygen atoms in total. The number of hydrogen-bond donors (Lipinski definition) is 2. The predicted molar refractivity (Wildman–Crippen MR) is 107 cm³/mol. The number of amides is 1. The van der Waals surface area contributed by atoms with Crippen molar-refractivity contribution in [3.05, 3.63) is 75.6 Å². The molecule has 2 aromatic carbocycles. The van der Waals surface area contributed by atoms with Crippen LogP contribution in [0, 0.1) is 17.0 Å². The van der Waals surface area contributed by atoms with E-state index >= 15 is 0 Å². The molecule has 0 saturated carbocycles. The highest BCUT2D eigenvalue weighted by Gasteiger charge is 2.39. The van der Waals surface area contributed by atoms with Crippen LogP contribution in [0.1, 0.15) is 22.2 Å². The first kappa shape index (κ1) is 22.1. The van der Waals surface area contributed by atoms with Gasteiger partial charge in [-0.05, 0) is 24.1 Å². The first-order chi connectivity index (χ1) is 14.6. The van der Waals surface area contributed by atoms with Crippen LogP contribution in [0.5, 0.6) is 0 Å². The average Bonchev–Trinajstić information content (AvgIpc) is 3.08. The van der Waals surface area contributed by atoms with Gasteiger partial charge in [-0.3, -0.25) is 14.9 Å². The molecule has 0 aliphatic rings. The number of nitrogens with one attached hydrogen (secondary N) is 1. The van der Waals surface area contributed by atoms with Crippen LogP contribution in [0.25, 0.3) is 0 Å². The molecule has 1 amide bonds. The SMILES string of the molecule is Cc1ccc(NC(=O)[C@H](Sc2nnc(C(F)(F)F)n2N)c2ccccc2)c([N+](=O)[O-])c1. The van der Waals surface area contributed by atoms with Crippen LogP contribution >= 0.6 is 11.8 Å². The first-order valence-electron chi connectivity index (χ1n) is 8.63. The molecule has 0 aliphatic carbocycles. The number of benzene rings is 2. The number of nitro groups is 1. The van der Waals surface area contributed by atoms with Gasteiger partial charge >= 0.3 is 6.18 Å². The predicted octanol–water partition coefficient (Wildman–Crippen LogP) is 3.70. The molecule has 3 rings (SSSR count). The number of alkyl halides is 3. The van der Waals surface area contributed by atoms with E-state index in [4.69, 9.17) is 5.84 Å². The molecule has 1 aromatic heterocycles. The summed E-state index contributed by atoms with van der Waals surface area (Å²) in [5.74, 6) is 3.35. The molecule has 13 heteroatoms. The van der Waals surface area contributed by atoms with Crippen LogP contribution in [0.15, 0.2) is 53.7 Å². The minimum atomic E-state index is -4.83. The molecule has 0 unspecified atom stereocenters. The van der Waals surface area contributed by atoms with E-state index in [0.717, 1.165) is 0 Å². The maximum absolute atomic E-state index is 13.0. The Kier molecular flexibility index (Phi) is 6.15. The lowest BCUT2D eigenvalue weighted by molar-refractivity contribution is -0.384. The monoisotopic (exact) mass is 452 g/mol. The molecule has 1 heterocycles. The smallest absolute Gasteiger partial charge is 0.335 e. The number of halogens is 3. The fourth-order valence-electron chi connectivity index (χ4n) is 2.65. The standard InChI is InChI=1S/C18H15F3N6O3S/c1-10-7-8-12(13(9-10)27(29)30)23-15(28)14(11-5-3-2-4-6-11)31-17-25-24-16(26(17)22)18(19,20)21/h2-9,14H,22H2,1H3,(H,23,28)/t14-/m1/s1. The van der Waals surface area contributed by atoms with E-state index in [2.05, 4.69) is 15.5 Å². The molecule has 1 atom stereocenters. The number of nitrogen functional groups attached to an aromatic ring is 1. The highest BCUT2D eigenvalue weighted by Crippen LogP contribution is 2.37. The third-order valence-electron chi connectivity index (χ3n) is 4.09. The maximum atomic E-state index is 13.0. The molecule has 0 radical (unpaired) electrons. The van der Waals surface area contributed by atoms with Crippen molar-refractivity contribution in [2.45, 2.75) is 23.5 Å². The Bertz CT molecular complexity index is 1120. The number of anilines is 1. The van der Waals surface area contributed by atoms with E-state index in [0.29, 0.717) is 22.9 Å². The summed E-state index contributed by atoms with van der Waals surface area (Å²) in [6.07, 6.45) is -4.83. The van der Waals surface area contributed by atoms with Gasteiger partial charge in [0.25, 0.3) is 11.5 Å². The molecule has 0 aliphatic heterocycles. The van der Waals surface area contributed by atoms with Gasteiger partial charge in [0.15, 0.2) is 0 Å². The van der Waals surface area contributed by atoms with Gasteiger partial charge in [0.1, 0.15) is 10.9 Å². The minimum absolute atomic E-state index is 0.0488. The Morgan fingerprint density at radius 3 is 2.48 bits per heavy atom. The first-order valence-corrected chi connectivity index (χ1v) is 9.51. The van der Waals surface area contributed by atoms with Crippen LogP contribution in [0.2, 0.25) is 0 Å². The maximum Gasteiger partial charge on any atom is 0.453 e. The van der Waals surface area contributed by atoms with Gasteiger partial charge < -0.3 is 11.2 Å². The van der Waals surface area contributed by atoms with Gasteiger partial charge in [0.2, 0.25) is 11.1 Å². The van der Waals surface area contributed by atoms with Crippen LogP contribution in [0.3, 0.4) is 0 Å². The van der Waals surface area contributed by atoms with Crippen LogP contribution in [0.4, 0.5) is 24.5 Å². The number of thioether (sulfide) groups is 1. The zero-order valence-electron chi connectivity index (χ0n) is 15.8. The number of hydrogen-bond acceptors (Lipinski definition) is 7. The fraction of sp³-hybridized carbons (Fsp3) is 0.167. The molecular weight excluding hydrogens is 437 g/mol. The Morgan fingerprint density at radius 1 is 1.23 bits per heavy atom. The largest absolute Gasteiger partial charge is 0.453 e. The van der Waals surface area contributed by atoms with Crippen molar-refractivity contribution in [1.82, 2.24) is 14.9 Å². The number of carbonyl (C=O) groups is 1. The molecule has 3 aromatic rings. The summed E-state index contributed by atoms with van der Waals surface area (Å²) in [5, 5.41) is 18.8. The van der Waals surface area contributed by atoms with Gasteiger partial charge in [-0.25, -0.2) is 4.68 Å². The second-order valence-electron chi connectivity index (χ2n) is 6.35. The second kappa shape index (κ2) is 8.63. The molecule has 3 N–H and O–H groups in total. The van der Waals surface area contributed by atoms with Crippen LogP contribution < -0.4 is 11.2 Å². The van der Waals surface area contributed by atoms with E-state index in [1.54, 1.807) is 43.3 Å². The average molecular weight is 452 g/mol. The van der Waals surface area contributed by atoms with Gasteiger partial charge in [-0.1, -0.05) is 48.2 Å². The third kappa shape index (κ3) is 4.94. The van der Waals surface area contributed by atoms with E-state index in [9.17, 15) is 28.1 Å². The van der Waals surface area contributed by atoms with E-state index in [-0.39, 0.29) is 21.2 Å². The Balaban J connectivity index is 1.95. The van der Waals surface area contributed by atoms with E-state index in [1.807, 2.05) is 0 Å². The zero-order chi connectivity index (χ0) is 22.8. The van der Waals surface area contributed by atoms with E-state index < -0.39 is 28.1 Å². The molecular formula is C18H15F3N6O3S. The lowest BCUT2D eigenvalue weighted by Crippen LogP contribution is -2.23. The summed E-state index contributed by atoms with van der Waals surface area (Å²) in [4.78, 5) is 23.7. The Labute approximate surface area is 177 Å². The summed E-state index contributed by atoms with van der Waals surface area (Å²) in [7, 11) is 0. The quantitative estimate of drug-likeness (QED) is 0.252. The summed E-state index contributed by atoms with van der Waals surface area (Å²) in [6, 6.07) is 12.4. The minimum Gasteiger partial charge on any atom is -0.335 e. The van der Waals surface area contributed by atoms with Gasteiger partial charge in [-0.2, -0.15) is 13.2 Å². The lowest BCUT2D eigenvalue weighted by atomic mass is 10.1. The molecule has 0 spiro atoms. The highest BCUT2D eigenvalue weighted by atomic mass is 32.2. The van der Waals surface area contributed by atoms with Crippen molar-refractivity contribution in [1.29, 1.82) is 0 Å². The lowest BCUT2D eigenvalue weighted by Gasteiger charge is -2.17. The highest BCUT2D eigenvalue weighted by molar-refractivity contribution is 8.00. The van der Waals surface area contributed by atoms with Crippen molar-refractivity contribution >= 4 is 29.0 Å². The number of nitro benzene ring substituents is 1. The van der Waals surface area contributed by atoms with Crippen molar-refractivity contribution in [3.63, 3.8) is 0 Å². The fourth-order valence-corrected chi connectivity index (χ4v) is 3.61. The van der Waals surface area contributed by atoms with E-state index in [1.165, 1.54) is 12.1 Å². The molecule has 0 fully saturated rings. The number of nitrogens with zero attached hydrogens (tertiary/aromatic N) is 4. The van der Waals surface area contributed by atoms with Crippen molar-refractivity contribution in [3.8, 4) is 0 Å². The summed E-state index contributed by atoms with van der Waals surface area (Å²) in [5.41, 5.74) is 0.685. The van der Waals surface area contributed by atoms with Crippen LogP contribution in [-0.2, 0) is 11.0 Å². The second-order valence-corrected chi connectivity index (χ2v) is 7.42. The topological polar surface area (TPSA) is 129 Å². The van der Waals surface area contributed by atoms with Crippen molar-refractivity contribution in [2.24, 2.45) is 0 Å². The molecule has 31 heavy (non-hydrogen) atoms. The molecule has 162 valence electrons. The Hall–Kier alpha value is -3.61. The molecule has 0 bridgehead atoms. The number of nitrogens with two attached hydrogens (primary N) is 1. The third-order valence-corrected chi connectivity index (χ3v) is 5.30. The summed E-state index contributed by atoms with van der Waals surface area (Å²) in [6.45, 7) is 1.66. The van der Waals surface area contributed by atoms with Crippen molar-refractivity contribution < 1.29 is 22.9 Å². The molecule has 0 saturated heterocycles. The number of carbonyl (C=O) groups excluding carboxylic acids is 1. The zero-order valence-corrected chi connectivity index (χ0v) is 16.6. The van der Waals surface area contributed by atoms with Gasteiger partial charge in [0, 0.05) is 6.07 Å². The number of aromatic nitrogens is 3. The summed E-state index contributed by atoms with van der Waals surface area (Å²) < 4.78 is 39.1.